The van der Waals surface area contributed by atoms with Crippen LogP contribution in [0.2, 0.25) is 0 Å². The Bertz CT molecular complexity index is 800. The standard InChI is InChI=1S/C20H23FN2O3/c1-20(2,3)19(26)23-16-9-5-7-14(11-16)18(25)22-12-17(24)13-6-4-8-15(21)10-13/h4-11,17,24H,12H2,1-3H3,(H,22,25)(H,23,26). The van der Waals surface area contributed by atoms with Crippen molar-refractivity contribution in [2.24, 2.45) is 5.41 Å². The predicted octanol–water partition coefficient (Wildman–Crippen LogP) is 3.27. The summed E-state index contributed by atoms with van der Waals surface area (Å²) in [5.41, 5.74) is 0.704. The van der Waals surface area contributed by atoms with Crippen LogP contribution in [0.1, 0.15) is 42.8 Å². The molecule has 2 aromatic carbocycles. The Hall–Kier alpha value is -2.73. The first-order valence-electron chi connectivity index (χ1n) is 8.30. The molecule has 0 heterocycles. The zero-order valence-electron chi connectivity index (χ0n) is 15.0. The molecule has 0 aromatic heterocycles. The van der Waals surface area contributed by atoms with Gasteiger partial charge >= 0.3 is 0 Å². The molecular weight excluding hydrogens is 335 g/mol. The average molecular weight is 358 g/mol. The summed E-state index contributed by atoms with van der Waals surface area (Å²) in [6.07, 6.45) is -1.02. The van der Waals surface area contributed by atoms with Crippen molar-refractivity contribution in [3.05, 3.63) is 65.5 Å². The van der Waals surface area contributed by atoms with Gasteiger partial charge in [-0.3, -0.25) is 9.59 Å². The predicted molar refractivity (Wildman–Crippen MR) is 98.2 cm³/mol. The van der Waals surface area contributed by atoms with Crippen LogP contribution in [0, 0.1) is 11.2 Å². The minimum Gasteiger partial charge on any atom is -0.387 e. The van der Waals surface area contributed by atoms with Crippen LogP contribution < -0.4 is 10.6 Å². The van der Waals surface area contributed by atoms with Gasteiger partial charge in [0.05, 0.1) is 6.10 Å². The summed E-state index contributed by atoms with van der Waals surface area (Å²) >= 11 is 0. The van der Waals surface area contributed by atoms with E-state index < -0.39 is 23.2 Å². The fourth-order valence-corrected chi connectivity index (χ4v) is 2.18. The molecule has 5 nitrogen and oxygen atoms in total. The molecule has 1 atom stereocenters. The maximum Gasteiger partial charge on any atom is 0.251 e. The Labute approximate surface area is 152 Å². The van der Waals surface area contributed by atoms with E-state index in [1.54, 1.807) is 51.1 Å². The van der Waals surface area contributed by atoms with Crippen LogP contribution in [0.4, 0.5) is 10.1 Å². The number of hydrogen-bond donors (Lipinski definition) is 3. The molecule has 3 N–H and O–H groups in total. The Morgan fingerprint density at radius 2 is 1.81 bits per heavy atom. The Kier molecular flexibility index (Phi) is 6.10. The van der Waals surface area contributed by atoms with Gasteiger partial charge < -0.3 is 15.7 Å². The molecule has 0 bridgehead atoms. The lowest BCUT2D eigenvalue weighted by atomic mass is 9.95. The van der Waals surface area contributed by atoms with E-state index in [2.05, 4.69) is 10.6 Å². The summed E-state index contributed by atoms with van der Waals surface area (Å²) in [6.45, 7) is 5.34. The van der Waals surface area contributed by atoms with Crippen molar-refractivity contribution in [1.82, 2.24) is 5.32 Å². The molecule has 2 rings (SSSR count). The quantitative estimate of drug-likeness (QED) is 0.767. The second-order valence-corrected chi connectivity index (χ2v) is 7.07. The van der Waals surface area contributed by atoms with Gasteiger partial charge in [-0.1, -0.05) is 39.0 Å². The van der Waals surface area contributed by atoms with Crippen molar-refractivity contribution in [3.8, 4) is 0 Å². The number of aliphatic hydroxyl groups is 1. The first kappa shape index (κ1) is 19.6. The van der Waals surface area contributed by atoms with Gasteiger partial charge in [-0.15, -0.1) is 0 Å². The number of carbonyl (C=O) groups is 2. The molecule has 0 aliphatic carbocycles. The molecule has 138 valence electrons. The van der Waals surface area contributed by atoms with Crippen LogP contribution in [0.15, 0.2) is 48.5 Å². The van der Waals surface area contributed by atoms with Gasteiger partial charge in [0.25, 0.3) is 5.91 Å². The van der Waals surface area contributed by atoms with Crippen LogP contribution >= 0.6 is 0 Å². The van der Waals surface area contributed by atoms with E-state index >= 15 is 0 Å². The van der Waals surface area contributed by atoms with Gasteiger partial charge in [0, 0.05) is 23.2 Å². The highest BCUT2D eigenvalue weighted by Crippen LogP contribution is 2.18. The van der Waals surface area contributed by atoms with Crippen LogP contribution in [0.5, 0.6) is 0 Å². The fourth-order valence-electron chi connectivity index (χ4n) is 2.18. The van der Waals surface area contributed by atoms with Crippen molar-refractivity contribution in [1.29, 1.82) is 0 Å². The maximum atomic E-state index is 13.2. The summed E-state index contributed by atoms with van der Waals surface area (Å²) in [7, 11) is 0. The molecule has 2 amide bonds. The maximum absolute atomic E-state index is 13.2. The third kappa shape index (κ3) is 5.39. The number of benzene rings is 2. The molecule has 6 heteroatoms. The molecule has 1 unspecified atom stereocenters. The van der Waals surface area contributed by atoms with Crippen molar-refractivity contribution in [2.45, 2.75) is 26.9 Å². The van der Waals surface area contributed by atoms with Gasteiger partial charge in [-0.05, 0) is 35.9 Å². The lowest BCUT2D eigenvalue weighted by Gasteiger charge is -2.18. The molecule has 0 saturated heterocycles. The summed E-state index contributed by atoms with van der Waals surface area (Å²) in [5.74, 6) is -1.00. The normalized spacial score (nSPS) is 12.3. The zero-order valence-corrected chi connectivity index (χ0v) is 15.0. The van der Waals surface area contributed by atoms with E-state index in [4.69, 9.17) is 0 Å². The van der Waals surface area contributed by atoms with E-state index in [0.717, 1.165) is 0 Å². The highest BCUT2D eigenvalue weighted by molar-refractivity contribution is 5.98. The molecule has 0 aliphatic rings. The molecule has 0 radical (unpaired) electrons. The minimum absolute atomic E-state index is 0.0547. The molecule has 0 spiro atoms. The van der Waals surface area contributed by atoms with E-state index in [1.165, 1.54) is 18.2 Å². The number of amides is 2. The molecular formula is C20H23FN2O3. The number of rotatable bonds is 5. The molecule has 2 aromatic rings. The Balaban J connectivity index is 1.99. The highest BCUT2D eigenvalue weighted by Gasteiger charge is 2.21. The van der Waals surface area contributed by atoms with Crippen LogP contribution in [0.3, 0.4) is 0 Å². The lowest BCUT2D eigenvalue weighted by Crippen LogP contribution is -2.29. The van der Waals surface area contributed by atoms with Crippen molar-refractivity contribution in [3.63, 3.8) is 0 Å². The number of anilines is 1. The van der Waals surface area contributed by atoms with Gasteiger partial charge in [-0.25, -0.2) is 4.39 Å². The summed E-state index contributed by atoms with van der Waals surface area (Å²) in [4.78, 5) is 24.3. The van der Waals surface area contributed by atoms with E-state index in [0.29, 0.717) is 16.8 Å². The molecule has 0 fully saturated rings. The van der Waals surface area contributed by atoms with Gasteiger partial charge in [0.1, 0.15) is 5.82 Å². The topological polar surface area (TPSA) is 78.4 Å². The Morgan fingerprint density at radius 1 is 1.12 bits per heavy atom. The van der Waals surface area contributed by atoms with E-state index in [-0.39, 0.29) is 12.5 Å². The summed E-state index contributed by atoms with van der Waals surface area (Å²) in [5, 5.41) is 15.4. The summed E-state index contributed by atoms with van der Waals surface area (Å²) < 4.78 is 13.2. The van der Waals surface area contributed by atoms with Crippen molar-refractivity contribution < 1.29 is 19.1 Å². The number of halogens is 1. The average Bonchev–Trinajstić information content (AvgIpc) is 2.58. The molecule has 0 saturated carbocycles. The third-order valence-electron chi connectivity index (χ3n) is 3.75. The summed E-state index contributed by atoms with van der Waals surface area (Å²) in [6, 6.07) is 12.1. The lowest BCUT2D eigenvalue weighted by molar-refractivity contribution is -0.123. The smallest absolute Gasteiger partial charge is 0.251 e. The van der Waals surface area contributed by atoms with Gasteiger partial charge in [0.2, 0.25) is 5.91 Å². The largest absolute Gasteiger partial charge is 0.387 e. The monoisotopic (exact) mass is 358 g/mol. The first-order chi connectivity index (χ1) is 12.2. The second-order valence-electron chi connectivity index (χ2n) is 7.07. The van der Waals surface area contributed by atoms with Crippen LogP contribution in [-0.4, -0.2) is 23.5 Å². The van der Waals surface area contributed by atoms with Crippen LogP contribution in [0.25, 0.3) is 0 Å². The van der Waals surface area contributed by atoms with Crippen LogP contribution in [-0.2, 0) is 4.79 Å². The number of nitrogens with one attached hydrogen (secondary N) is 2. The fraction of sp³-hybridized carbons (Fsp3) is 0.300. The second kappa shape index (κ2) is 8.10. The SMILES string of the molecule is CC(C)(C)C(=O)Nc1cccc(C(=O)NCC(O)c2cccc(F)c2)c1. The number of hydrogen-bond acceptors (Lipinski definition) is 3. The number of aliphatic hydroxyl groups excluding tert-OH is 1. The van der Waals surface area contributed by atoms with Crippen molar-refractivity contribution >= 4 is 17.5 Å². The Morgan fingerprint density at radius 3 is 2.46 bits per heavy atom. The third-order valence-corrected chi connectivity index (χ3v) is 3.75. The van der Waals surface area contributed by atoms with Gasteiger partial charge in [-0.2, -0.15) is 0 Å². The molecule has 26 heavy (non-hydrogen) atoms. The number of carbonyl (C=O) groups excluding carboxylic acids is 2. The molecule has 0 aliphatic heterocycles. The van der Waals surface area contributed by atoms with Crippen molar-refractivity contribution in [2.75, 3.05) is 11.9 Å². The van der Waals surface area contributed by atoms with E-state index in [9.17, 15) is 19.1 Å². The minimum atomic E-state index is -1.02. The first-order valence-corrected chi connectivity index (χ1v) is 8.30. The highest BCUT2D eigenvalue weighted by atomic mass is 19.1. The van der Waals surface area contributed by atoms with E-state index in [1.807, 2.05) is 0 Å². The zero-order chi connectivity index (χ0) is 19.3. The van der Waals surface area contributed by atoms with Gasteiger partial charge in [0.15, 0.2) is 0 Å².